The maximum absolute atomic E-state index is 12.3. The molecule has 0 aliphatic heterocycles. The lowest BCUT2D eigenvalue weighted by atomic mass is 10.2. The minimum atomic E-state index is -0.742. The third kappa shape index (κ3) is 2.25. The van der Waals surface area contributed by atoms with Crippen molar-refractivity contribution < 1.29 is 14.1 Å². The van der Waals surface area contributed by atoms with Gasteiger partial charge in [-0.2, -0.15) is 0 Å². The maximum atomic E-state index is 12.3. The number of primary amides is 1. The Kier molecular flexibility index (Phi) is 2.94. The Bertz CT molecular complexity index is 833. The summed E-state index contributed by atoms with van der Waals surface area (Å²) in [6, 6.07) is 8.74. The number of carbonyl (C=O) groups is 2. The zero-order valence-corrected chi connectivity index (χ0v) is 11.2. The van der Waals surface area contributed by atoms with Gasteiger partial charge in [-0.3, -0.25) is 9.59 Å². The number of hydrogen-bond acceptors (Lipinski definition) is 4. The molecular formula is C14H12N4O3. The van der Waals surface area contributed by atoms with Crippen molar-refractivity contribution in [2.75, 3.05) is 11.9 Å². The van der Waals surface area contributed by atoms with Gasteiger partial charge < -0.3 is 20.1 Å². The lowest BCUT2D eigenvalue weighted by molar-refractivity contribution is 0.0951. The lowest BCUT2D eigenvalue weighted by Crippen LogP contribution is -2.25. The first-order valence-electron chi connectivity index (χ1n) is 6.18. The van der Waals surface area contributed by atoms with Crippen molar-refractivity contribution in [2.45, 2.75) is 0 Å². The Morgan fingerprint density at radius 2 is 2.10 bits per heavy atom. The first-order valence-corrected chi connectivity index (χ1v) is 6.18. The molecule has 7 heteroatoms. The summed E-state index contributed by atoms with van der Waals surface area (Å²) in [7, 11) is 1.61. The molecule has 0 aliphatic carbocycles. The van der Waals surface area contributed by atoms with E-state index in [1.165, 1.54) is 11.0 Å². The molecule has 0 spiro atoms. The standard InChI is InChI=1S/C14H12N4O3/c1-18(9-3-2-8-4-5-16-10(8)6-9)14(20)12-7-11(13(15)19)17-21-12/h2-7,16H,1H3,(H2,15,19). The predicted octanol–water partition coefficient (Wildman–Crippen LogP) is 1.53. The highest BCUT2D eigenvalue weighted by molar-refractivity contribution is 6.05. The van der Waals surface area contributed by atoms with Crippen molar-refractivity contribution in [1.82, 2.24) is 10.1 Å². The molecule has 7 nitrogen and oxygen atoms in total. The summed E-state index contributed by atoms with van der Waals surface area (Å²) in [5.74, 6) is -1.20. The highest BCUT2D eigenvalue weighted by Gasteiger charge is 2.20. The number of anilines is 1. The molecule has 0 unspecified atom stereocenters. The van der Waals surface area contributed by atoms with Gasteiger partial charge in [-0.25, -0.2) is 0 Å². The number of nitrogens with one attached hydrogen (secondary N) is 1. The Hall–Kier alpha value is -3.09. The van der Waals surface area contributed by atoms with E-state index in [0.29, 0.717) is 5.69 Å². The fourth-order valence-electron chi connectivity index (χ4n) is 2.02. The molecule has 106 valence electrons. The molecule has 0 bridgehead atoms. The smallest absolute Gasteiger partial charge is 0.296 e. The normalized spacial score (nSPS) is 10.7. The number of fused-ring (bicyclic) bond motifs is 1. The molecule has 1 aromatic carbocycles. The third-order valence-electron chi connectivity index (χ3n) is 3.20. The fourth-order valence-corrected chi connectivity index (χ4v) is 2.02. The monoisotopic (exact) mass is 284 g/mol. The second kappa shape index (κ2) is 4.78. The van der Waals surface area contributed by atoms with Gasteiger partial charge in [-0.05, 0) is 23.6 Å². The number of nitrogens with zero attached hydrogens (tertiary/aromatic N) is 2. The Morgan fingerprint density at radius 3 is 2.81 bits per heavy atom. The van der Waals surface area contributed by atoms with Gasteiger partial charge in [-0.1, -0.05) is 11.2 Å². The second-order valence-corrected chi connectivity index (χ2v) is 4.55. The van der Waals surface area contributed by atoms with E-state index in [-0.39, 0.29) is 11.5 Å². The number of benzene rings is 1. The largest absolute Gasteiger partial charge is 0.364 e. The minimum Gasteiger partial charge on any atom is -0.364 e. The van der Waals surface area contributed by atoms with E-state index in [1.54, 1.807) is 7.05 Å². The summed E-state index contributed by atoms with van der Waals surface area (Å²) in [5.41, 5.74) is 6.60. The zero-order valence-electron chi connectivity index (χ0n) is 11.2. The number of aromatic amines is 1. The summed E-state index contributed by atoms with van der Waals surface area (Å²) >= 11 is 0. The molecule has 2 amide bonds. The zero-order chi connectivity index (χ0) is 15.0. The van der Waals surface area contributed by atoms with Crippen LogP contribution >= 0.6 is 0 Å². The molecule has 2 aromatic heterocycles. The lowest BCUT2D eigenvalue weighted by Gasteiger charge is -2.15. The van der Waals surface area contributed by atoms with Crippen molar-refractivity contribution >= 4 is 28.4 Å². The third-order valence-corrected chi connectivity index (χ3v) is 3.20. The number of hydrogen-bond donors (Lipinski definition) is 2. The molecule has 0 atom stereocenters. The van der Waals surface area contributed by atoms with E-state index in [0.717, 1.165) is 10.9 Å². The average Bonchev–Trinajstić information content (AvgIpc) is 3.13. The number of aromatic nitrogens is 2. The average molecular weight is 284 g/mol. The van der Waals surface area contributed by atoms with E-state index in [1.807, 2.05) is 30.5 Å². The fraction of sp³-hybridized carbons (Fsp3) is 0.0714. The van der Waals surface area contributed by atoms with Crippen molar-refractivity contribution in [2.24, 2.45) is 5.73 Å². The molecule has 3 rings (SSSR count). The Morgan fingerprint density at radius 1 is 1.29 bits per heavy atom. The quantitative estimate of drug-likeness (QED) is 0.760. The van der Waals surface area contributed by atoms with Gasteiger partial charge in [0.05, 0.1) is 0 Å². The molecule has 0 saturated carbocycles. The van der Waals surface area contributed by atoms with Crippen LogP contribution in [0, 0.1) is 0 Å². The highest BCUT2D eigenvalue weighted by atomic mass is 16.5. The highest BCUT2D eigenvalue weighted by Crippen LogP contribution is 2.21. The molecular weight excluding hydrogens is 272 g/mol. The Balaban J connectivity index is 1.90. The number of carbonyl (C=O) groups excluding carboxylic acids is 2. The van der Waals surface area contributed by atoms with Gasteiger partial charge >= 0.3 is 0 Å². The van der Waals surface area contributed by atoms with Crippen LogP contribution in [0.3, 0.4) is 0 Å². The van der Waals surface area contributed by atoms with E-state index in [2.05, 4.69) is 10.1 Å². The first kappa shape index (κ1) is 12.9. The van der Waals surface area contributed by atoms with Crippen LogP contribution in [0.5, 0.6) is 0 Å². The van der Waals surface area contributed by atoms with Crippen molar-refractivity contribution in [3.63, 3.8) is 0 Å². The van der Waals surface area contributed by atoms with E-state index < -0.39 is 11.8 Å². The first-order chi connectivity index (χ1) is 10.1. The topological polar surface area (TPSA) is 105 Å². The predicted molar refractivity (Wildman–Crippen MR) is 76.1 cm³/mol. The van der Waals surface area contributed by atoms with Gasteiger partial charge in [0.1, 0.15) is 0 Å². The van der Waals surface area contributed by atoms with Gasteiger partial charge in [0.25, 0.3) is 11.8 Å². The van der Waals surface area contributed by atoms with Crippen LogP contribution in [-0.4, -0.2) is 29.0 Å². The van der Waals surface area contributed by atoms with Gasteiger partial charge in [0, 0.05) is 30.5 Å². The van der Waals surface area contributed by atoms with Crippen LogP contribution in [0.15, 0.2) is 41.1 Å². The van der Waals surface area contributed by atoms with E-state index in [9.17, 15) is 9.59 Å². The van der Waals surface area contributed by atoms with Gasteiger partial charge in [0.15, 0.2) is 5.69 Å². The van der Waals surface area contributed by atoms with Crippen LogP contribution in [0.25, 0.3) is 10.9 Å². The van der Waals surface area contributed by atoms with Crippen LogP contribution < -0.4 is 10.6 Å². The van der Waals surface area contributed by atoms with Crippen LogP contribution in [0.4, 0.5) is 5.69 Å². The number of amides is 2. The molecule has 0 aliphatic rings. The SMILES string of the molecule is CN(C(=O)c1cc(C(N)=O)no1)c1ccc2cc[nH]c2c1. The summed E-state index contributed by atoms with van der Waals surface area (Å²) in [4.78, 5) is 27.7. The number of H-pyrrole nitrogens is 1. The Labute approximate surface area is 119 Å². The molecule has 3 N–H and O–H groups in total. The van der Waals surface area contributed by atoms with Gasteiger partial charge in [-0.15, -0.1) is 0 Å². The minimum absolute atomic E-state index is 0.0436. The summed E-state index contributed by atoms with van der Waals surface area (Å²) in [6.45, 7) is 0. The molecule has 21 heavy (non-hydrogen) atoms. The number of nitrogens with two attached hydrogens (primary N) is 1. The summed E-state index contributed by atoms with van der Waals surface area (Å²) in [6.07, 6.45) is 1.83. The van der Waals surface area contributed by atoms with Crippen LogP contribution in [0.2, 0.25) is 0 Å². The summed E-state index contributed by atoms with van der Waals surface area (Å²) < 4.78 is 4.85. The molecule has 3 aromatic rings. The summed E-state index contributed by atoms with van der Waals surface area (Å²) in [5, 5.41) is 4.50. The van der Waals surface area contributed by atoms with E-state index >= 15 is 0 Å². The van der Waals surface area contributed by atoms with Crippen LogP contribution in [-0.2, 0) is 0 Å². The molecule has 0 fully saturated rings. The van der Waals surface area contributed by atoms with Crippen molar-refractivity contribution in [3.8, 4) is 0 Å². The second-order valence-electron chi connectivity index (χ2n) is 4.55. The molecule has 2 heterocycles. The van der Waals surface area contributed by atoms with Crippen LogP contribution in [0.1, 0.15) is 21.0 Å². The van der Waals surface area contributed by atoms with Gasteiger partial charge in [0.2, 0.25) is 5.76 Å². The van der Waals surface area contributed by atoms with Crippen molar-refractivity contribution in [3.05, 3.63) is 48.0 Å². The molecule has 0 saturated heterocycles. The van der Waals surface area contributed by atoms with Crippen molar-refractivity contribution in [1.29, 1.82) is 0 Å². The molecule has 0 radical (unpaired) electrons. The van der Waals surface area contributed by atoms with E-state index in [4.69, 9.17) is 10.3 Å². The number of rotatable bonds is 3. The maximum Gasteiger partial charge on any atom is 0.296 e.